The summed E-state index contributed by atoms with van der Waals surface area (Å²) in [6, 6.07) is 0.942. The third kappa shape index (κ3) is 3.30. The van der Waals surface area contributed by atoms with Crippen molar-refractivity contribution in [1.82, 2.24) is 15.1 Å². The van der Waals surface area contributed by atoms with Crippen LogP contribution >= 0.6 is 0 Å². The summed E-state index contributed by atoms with van der Waals surface area (Å²) in [6.07, 6.45) is 7.61. The molecule has 0 spiro atoms. The first kappa shape index (κ1) is 15.8. The summed E-state index contributed by atoms with van der Waals surface area (Å²) in [7, 11) is 1.98. The molecule has 22 heavy (non-hydrogen) atoms. The Labute approximate surface area is 134 Å². The predicted octanol–water partition coefficient (Wildman–Crippen LogP) is 2.32. The van der Waals surface area contributed by atoms with Gasteiger partial charge in [0.05, 0.1) is 23.1 Å². The average Bonchev–Trinajstić information content (AvgIpc) is 2.91. The van der Waals surface area contributed by atoms with Crippen LogP contribution in [-0.2, 0) is 11.8 Å². The molecule has 5 nitrogen and oxygen atoms in total. The summed E-state index contributed by atoms with van der Waals surface area (Å²) in [6.45, 7) is 11.0. The molecule has 0 radical (unpaired) electrons. The smallest absolute Gasteiger partial charge is 0.0787 e. The van der Waals surface area contributed by atoms with Crippen molar-refractivity contribution < 1.29 is 4.74 Å². The van der Waals surface area contributed by atoms with Crippen molar-refractivity contribution in [1.29, 1.82) is 0 Å². The predicted molar refractivity (Wildman–Crippen MR) is 89.2 cm³/mol. The number of ether oxygens (including phenoxy) is 1. The standard InChI is InChI=1S/C17H30N4O/c1-16(2)9-15(17(3,4)22-16)19-13-7-6-8-21(11-13)14-10-18-20(5)12-14/h10,12-13,15,19H,6-9,11H2,1-5H3/t13-,15+/m1/s1. The van der Waals surface area contributed by atoms with Gasteiger partial charge in [0.2, 0.25) is 0 Å². The molecule has 0 bridgehead atoms. The zero-order valence-electron chi connectivity index (χ0n) is 14.6. The first-order valence-corrected chi connectivity index (χ1v) is 8.45. The van der Waals surface area contributed by atoms with E-state index in [9.17, 15) is 0 Å². The fraction of sp³-hybridized carbons (Fsp3) is 0.824. The molecule has 2 saturated heterocycles. The molecule has 2 atom stereocenters. The molecule has 0 saturated carbocycles. The third-order valence-corrected chi connectivity index (χ3v) is 4.99. The number of nitrogens with one attached hydrogen (secondary N) is 1. The molecule has 2 fully saturated rings. The van der Waals surface area contributed by atoms with E-state index in [1.807, 2.05) is 17.9 Å². The molecule has 3 rings (SSSR count). The van der Waals surface area contributed by atoms with E-state index in [0.29, 0.717) is 12.1 Å². The fourth-order valence-electron chi connectivity index (χ4n) is 4.03. The lowest BCUT2D eigenvalue weighted by Gasteiger charge is -2.37. The van der Waals surface area contributed by atoms with E-state index in [0.717, 1.165) is 19.5 Å². The molecule has 0 aromatic carbocycles. The van der Waals surface area contributed by atoms with Crippen LogP contribution in [0, 0.1) is 0 Å². The van der Waals surface area contributed by atoms with E-state index < -0.39 is 0 Å². The van der Waals surface area contributed by atoms with Crippen molar-refractivity contribution >= 4 is 5.69 Å². The zero-order valence-corrected chi connectivity index (χ0v) is 14.6. The number of nitrogens with zero attached hydrogens (tertiary/aromatic N) is 3. The molecule has 0 unspecified atom stereocenters. The number of hydrogen-bond donors (Lipinski definition) is 1. The second-order valence-corrected chi connectivity index (χ2v) is 8.05. The molecular formula is C17H30N4O. The van der Waals surface area contributed by atoms with Gasteiger partial charge in [0.1, 0.15) is 0 Å². The lowest BCUT2D eigenvalue weighted by Crippen LogP contribution is -2.53. The first-order chi connectivity index (χ1) is 10.3. The van der Waals surface area contributed by atoms with Crippen LogP contribution < -0.4 is 10.2 Å². The molecule has 0 aliphatic carbocycles. The monoisotopic (exact) mass is 306 g/mol. The summed E-state index contributed by atoms with van der Waals surface area (Å²) in [5.74, 6) is 0. The van der Waals surface area contributed by atoms with Gasteiger partial charge in [-0.15, -0.1) is 0 Å². The number of anilines is 1. The SMILES string of the molecule is Cn1cc(N2CCC[C@@H](N[C@H]3CC(C)(C)OC3(C)C)C2)cn1. The van der Waals surface area contributed by atoms with Crippen LogP contribution in [0.1, 0.15) is 47.0 Å². The van der Waals surface area contributed by atoms with Crippen LogP contribution in [0.5, 0.6) is 0 Å². The molecule has 2 aliphatic heterocycles. The molecule has 1 aromatic heterocycles. The number of aryl methyl sites for hydroxylation is 1. The van der Waals surface area contributed by atoms with Crippen LogP contribution in [-0.4, -0.2) is 46.2 Å². The Morgan fingerprint density at radius 3 is 2.68 bits per heavy atom. The second-order valence-electron chi connectivity index (χ2n) is 8.05. The minimum absolute atomic E-state index is 0.0289. The first-order valence-electron chi connectivity index (χ1n) is 8.45. The van der Waals surface area contributed by atoms with Gasteiger partial charge in [-0.25, -0.2) is 0 Å². The van der Waals surface area contributed by atoms with Gasteiger partial charge >= 0.3 is 0 Å². The average molecular weight is 306 g/mol. The maximum atomic E-state index is 6.22. The lowest BCUT2D eigenvalue weighted by atomic mass is 9.92. The number of rotatable bonds is 3. The Morgan fingerprint density at radius 1 is 1.32 bits per heavy atom. The Hall–Kier alpha value is -1.07. The van der Waals surface area contributed by atoms with Crippen LogP contribution in [0.2, 0.25) is 0 Å². The number of hydrogen-bond acceptors (Lipinski definition) is 4. The Kier molecular flexibility index (Phi) is 3.98. The minimum atomic E-state index is -0.0971. The van der Waals surface area contributed by atoms with Crippen LogP contribution in [0.15, 0.2) is 12.4 Å². The molecule has 2 aliphatic rings. The van der Waals surface area contributed by atoms with Gasteiger partial charge in [0, 0.05) is 38.4 Å². The van der Waals surface area contributed by atoms with E-state index in [1.165, 1.54) is 18.5 Å². The highest BCUT2D eigenvalue weighted by Crippen LogP contribution is 2.37. The highest BCUT2D eigenvalue weighted by atomic mass is 16.5. The van der Waals surface area contributed by atoms with E-state index >= 15 is 0 Å². The minimum Gasteiger partial charge on any atom is -0.368 e. The summed E-state index contributed by atoms with van der Waals surface area (Å²) in [4.78, 5) is 2.45. The van der Waals surface area contributed by atoms with Gasteiger partial charge in [-0.05, 0) is 47.0 Å². The van der Waals surface area contributed by atoms with Crippen molar-refractivity contribution in [3.63, 3.8) is 0 Å². The van der Waals surface area contributed by atoms with Crippen molar-refractivity contribution in [2.24, 2.45) is 7.05 Å². The highest BCUT2D eigenvalue weighted by molar-refractivity contribution is 5.43. The fourth-order valence-corrected chi connectivity index (χ4v) is 4.03. The molecule has 3 heterocycles. The largest absolute Gasteiger partial charge is 0.368 e. The van der Waals surface area contributed by atoms with Gasteiger partial charge in [0.25, 0.3) is 0 Å². The highest BCUT2D eigenvalue weighted by Gasteiger charge is 2.46. The Bertz CT molecular complexity index is 522. The van der Waals surface area contributed by atoms with Crippen molar-refractivity contribution in [2.75, 3.05) is 18.0 Å². The normalized spacial score (nSPS) is 30.7. The van der Waals surface area contributed by atoms with Gasteiger partial charge in [-0.2, -0.15) is 5.10 Å². The van der Waals surface area contributed by atoms with E-state index in [1.54, 1.807) is 0 Å². The van der Waals surface area contributed by atoms with E-state index in [4.69, 9.17) is 4.74 Å². The summed E-state index contributed by atoms with van der Waals surface area (Å²) in [5.41, 5.74) is 1.11. The second kappa shape index (κ2) is 5.53. The number of aromatic nitrogens is 2. The molecule has 124 valence electrons. The molecule has 1 N–H and O–H groups in total. The van der Waals surface area contributed by atoms with Crippen LogP contribution in [0.25, 0.3) is 0 Å². The molecular weight excluding hydrogens is 276 g/mol. The van der Waals surface area contributed by atoms with Gasteiger partial charge < -0.3 is 15.0 Å². The van der Waals surface area contributed by atoms with Crippen molar-refractivity contribution in [2.45, 2.75) is 70.2 Å². The summed E-state index contributed by atoms with van der Waals surface area (Å²) >= 11 is 0. The van der Waals surface area contributed by atoms with Crippen LogP contribution in [0.3, 0.4) is 0 Å². The van der Waals surface area contributed by atoms with Gasteiger partial charge in [-0.1, -0.05) is 0 Å². The van der Waals surface area contributed by atoms with Crippen molar-refractivity contribution in [3.8, 4) is 0 Å². The lowest BCUT2D eigenvalue weighted by molar-refractivity contribution is -0.0705. The topological polar surface area (TPSA) is 42.3 Å². The Morgan fingerprint density at radius 2 is 2.09 bits per heavy atom. The third-order valence-electron chi connectivity index (χ3n) is 4.99. The quantitative estimate of drug-likeness (QED) is 0.931. The van der Waals surface area contributed by atoms with Gasteiger partial charge in [0.15, 0.2) is 0 Å². The van der Waals surface area contributed by atoms with E-state index in [2.05, 4.69) is 49.2 Å². The molecule has 1 aromatic rings. The van der Waals surface area contributed by atoms with E-state index in [-0.39, 0.29) is 11.2 Å². The zero-order chi connectivity index (χ0) is 16.0. The van der Waals surface area contributed by atoms with Crippen molar-refractivity contribution in [3.05, 3.63) is 12.4 Å². The number of piperidine rings is 1. The maximum absolute atomic E-state index is 6.22. The summed E-state index contributed by atoms with van der Waals surface area (Å²) in [5, 5.41) is 8.17. The van der Waals surface area contributed by atoms with Gasteiger partial charge in [-0.3, -0.25) is 4.68 Å². The molecule has 0 amide bonds. The summed E-state index contributed by atoms with van der Waals surface area (Å²) < 4.78 is 8.09. The van der Waals surface area contributed by atoms with Crippen LogP contribution in [0.4, 0.5) is 5.69 Å². The molecule has 5 heteroatoms. The Balaban J connectivity index is 1.63. The maximum Gasteiger partial charge on any atom is 0.0787 e.